The van der Waals surface area contributed by atoms with Gasteiger partial charge in [0.05, 0.1) is 23.6 Å². The number of pyridine rings is 1. The van der Waals surface area contributed by atoms with Crippen molar-refractivity contribution >= 4 is 22.8 Å². The molecule has 1 amide bonds. The van der Waals surface area contributed by atoms with Crippen LogP contribution in [-0.4, -0.2) is 30.3 Å². The van der Waals surface area contributed by atoms with Crippen molar-refractivity contribution < 1.29 is 4.79 Å². The number of aromatic nitrogens is 5. The molecule has 4 aromatic heterocycles. The van der Waals surface area contributed by atoms with E-state index in [4.69, 9.17) is 5.73 Å². The molecule has 0 saturated carbocycles. The third-order valence-corrected chi connectivity index (χ3v) is 4.80. The molecule has 7 nitrogen and oxygen atoms in total. The lowest BCUT2D eigenvalue weighted by molar-refractivity contribution is 0.1000. The number of hydrogen-bond acceptors (Lipinski definition) is 5. The zero-order valence-electron chi connectivity index (χ0n) is 13.1. The van der Waals surface area contributed by atoms with Crippen molar-refractivity contribution in [3.8, 4) is 22.4 Å². The van der Waals surface area contributed by atoms with E-state index in [0.29, 0.717) is 5.01 Å². The van der Waals surface area contributed by atoms with Gasteiger partial charge in [-0.25, -0.2) is 9.50 Å². The van der Waals surface area contributed by atoms with Gasteiger partial charge in [0.25, 0.3) is 5.91 Å². The third-order valence-electron chi connectivity index (χ3n) is 3.82. The zero-order valence-corrected chi connectivity index (χ0v) is 13.9. The molecule has 0 spiro atoms. The summed E-state index contributed by atoms with van der Waals surface area (Å²) in [6, 6.07) is 4.02. The Morgan fingerprint density at radius 2 is 2.00 bits per heavy atom. The van der Waals surface area contributed by atoms with Crippen molar-refractivity contribution in [3.63, 3.8) is 0 Å². The van der Waals surface area contributed by atoms with Gasteiger partial charge in [-0.05, 0) is 13.0 Å². The van der Waals surface area contributed by atoms with E-state index in [0.717, 1.165) is 32.8 Å². The summed E-state index contributed by atoms with van der Waals surface area (Å²) >= 11 is 1.30. The molecule has 24 heavy (non-hydrogen) atoms. The number of nitrogens with zero attached hydrogens (tertiary/aromatic N) is 5. The summed E-state index contributed by atoms with van der Waals surface area (Å²) in [5.74, 6) is -0.510. The topological polar surface area (TPSA) is 91.1 Å². The molecule has 4 heterocycles. The molecule has 0 bridgehead atoms. The summed E-state index contributed by atoms with van der Waals surface area (Å²) in [6.07, 6.45) is 7.48. The number of aryl methyl sites for hydroxylation is 2. The average Bonchev–Trinajstić information content (AvgIpc) is 3.24. The second-order valence-electron chi connectivity index (χ2n) is 5.50. The van der Waals surface area contributed by atoms with Gasteiger partial charge in [-0.2, -0.15) is 10.2 Å². The number of rotatable bonds is 3. The molecule has 0 radical (unpaired) electrons. The lowest BCUT2D eigenvalue weighted by Crippen LogP contribution is -2.10. The number of nitrogens with two attached hydrogens (primary N) is 1. The Hall–Kier alpha value is -3.00. The van der Waals surface area contributed by atoms with Crippen LogP contribution in [0.2, 0.25) is 0 Å². The van der Waals surface area contributed by atoms with Gasteiger partial charge in [-0.15, -0.1) is 11.3 Å². The van der Waals surface area contributed by atoms with Crippen LogP contribution in [0.5, 0.6) is 0 Å². The van der Waals surface area contributed by atoms with E-state index >= 15 is 0 Å². The lowest BCUT2D eigenvalue weighted by atomic mass is 10.1. The highest BCUT2D eigenvalue weighted by molar-refractivity contribution is 7.14. The largest absolute Gasteiger partial charge is 0.364 e. The minimum absolute atomic E-state index is 0.314. The summed E-state index contributed by atoms with van der Waals surface area (Å²) < 4.78 is 3.57. The first kappa shape index (κ1) is 14.6. The molecule has 120 valence electrons. The molecule has 0 aliphatic rings. The fraction of sp³-hybridized carbons (Fsp3) is 0.125. The van der Waals surface area contributed by atoms with Crippen LogP contribution in [0.3, 0.4) is 0 Å². The van der Waals surface area contributed by atoms with Crippen molar-refractivity contribution in [1.29, 1.82) is 0 Å². The monoisotopic (exact) mass is 338 g/mol. The van der Waals surface area contributed by atoms with E-state index in [2.05, 4.69) is 15.2 Å². The standard InChI is InChI=1S/C16H14N6OS/c1-9-14(20-16(24-9)15(17)23)12-6-19-22-8-10(3-4-13(12)22)11-5-18-21(2)7-11/h3-8H,1-2H3,(H2,17,23). The first-order chi connectivity index (χ1) is 11.5. The van der Waals surface area contributed by atoms with Crippen LogP contribution in [0.15, 0.2) is 36.9 Å². The van der Waals surface area contributed by atoms with Gasteiger partial charge in [0.2, 0.25) is 0 Å². The van der Waals surface area contributed by atoms with Crippen molar-refractivity contribution in [2.75, 3.05) is 0 Å². The molecular weight excluding hydrogens is 324 g/mol. The Morgan fingerprint density at radius 1 is 1.17 bits per heavy atom. The SMILES string of the molecule is Cc1sc(C(N)=O)nc1-c1cnn2cc(-c3cnn(C)c3)ccc12. The maximum Gasteiger partial charge on any atom is 0.277 e. The minimum Gasteiger partial charge on any atom is -0.364 e. The van der Waals surface area contributed by atoms with E-state index in [1.165, 1.54) is 11.3 Å². The number of carbonyl (C=O) groups excluding carboxylic acids is 1. The molecular formula is C16H14N6OS. The second kappa shape index (κ2) is 5.27. The van der Waals surface area contributed by atoms with E-state index in [1.54, 1.807) is 15.4 Å². The van der Waals surface area contributed by atoms with Gasteiger partial charge in [0, 0.05) is 41.0 Å². The second-order valence-corrected chi connectivity index (χ2v) is 6.70. The van der Waals surface area contributed by atoms with Gasteiger partial charge in [0.15, 0.2) is 5.01 Å². The number of hydrogen-bond donors (Lipinski definition) is 1. The predicted octanol–water partition coefficient (Wildman–Crippen LogP) is 2.27. The van der Waals surface area contributed by atoms with Crippen LogP contribution < -0.4 is 5.73 Å². The fourth-order valence-electron chi connectivity index (χ4n) is 2.66. The van der Waals surface area contributed by atoms with E-state index in [1.807, 2.05) is 44.7 Å². The maximum absolute atomic E-state index is 11.3. The summed E-state index contributed by atoms with van der Waals surface area (Å²) in [4.78, 5) is 16.6. The molecule has 0 aromatic carbocycles. The fourth-order valence-corrected chi connectivity index (χ4v) is 3.44. The molecule has 0 aliphatic heterocycles. The summed E-state index contributed by atoms with van der Waals surface area (Å²) in [7, 11) is 1.88. The molecule has 8 heteroatoms. The molecule has 0 atom stereocenters. The van der Waals surface area contributed by atoms with E-state index in [-0.39, 0.29) is 0 Å². The smallest absolute Gasteiger partial charge is 0.277 e. The van der Waals surface area contributed by atoms with Crippen LogP contribution >= 0.6 is 11.3 Å². The van der Waals surface area contributed by atoms with Crippen LogP contribution in [0.25, 0.3) is 27.9 Å². The highest BCUT2D eigenvalue weighted by Crippen LogP contribution is 2.31. The van der Waals surface area contributed by atoms with Crippen LogP contribution in [0.1, 0.15) is 14.7 Å². The van der Waals surface area contributed by atoms with Gasteiger partial charge in [-0.1, -0.05) is 6.07 Å². The van der Waals surface area contributed by atoms with Crippen molar-refractivity contribution in [3.05, 3.63) is 46.8 Å². The highest BCUT2D eigenvalue weighted by atomic mass is 32.1. The summed E-state index contributed by atoms with van der Waals surface area (Å²) in [5, 5.41) is 8.93. The molecule has 2 N–H and O–H groups in total. The molecule has 0 fully saturated rings. The number of carbonyl (C=O) groups is 1. The number of thiazole rings is 1. The first-order valence-electron chi connectivity index (χ1n) is 7.27. The molecule has 0 aliphatic carbocycles. The first-order valence-corrected chi connectivity index (χ1v) is 8.08. The highest BCUT2D eigenvalue weighted by Gasteiger charge is 2.17. The third kappa shape index (κ3) is 2.28. The van der Waals surface area contributed by atoms with Gasteiger partial charge in [-0.3, -0.25) is 9.48 Å². The lowest BCUT2D eigenvalue weighted by Gasteiger charge is -2.01. The minimum atomic E-state index is -0.510. The number of fused-ring (bicyclic) bond motifs is 1. The zero-order chi connectivity index (χ0) is 16.8. The van der Waals surface area contributed by atoms with Crippen molar-refractivity contribution in [2.45, 2.75) is 6.92 Å². The van der Waals surface area contributed by atoms with Crippen molar-refractivity contribution in [1.82, 2.24) is 24.4 Å². The molecule has 4 aromatic rings. The van der Waals surface area contributed by atoms with E-state index < -0.39 is 5.91 Å². The van der Waals surface area contributed by atoms with Gasteiger partial charge >= 0.3 is 0 Å². The summed E-state index contributed by atoms with van der Waals surface area (Å²) in [6.45, 7) is 1.92. The Kier molecular flexibility index (Phi) is 3.20. The quantitative estimate of drug-likeness (QED) is 0.620. The Bertz CT molecular complexity index is 1070. The molecule has 0 saturated heterocycles. The Balaban J connectivity index is 1.82. The Morgan fingerprint density at radius 3 is 2.67 bits per heavy atom. The molecule has 0 unspecified atom stereocenters. The number of amides is 1. The van der Waals surface area contributed by atoms with Gasteiger partial charge < -0.3 is 5.73 Å². The van der Waals surface area contributed by atoms with Crippen LogP contribution in [0, 0.1) is 6.92 Å². The van der Waals surface area contributed by atoms with Crippen molar-refractivity contribution in [2.24, 2.45) is 12.8 Å². The average molecular weight is 338 g/mol. The predicted molar refractivity (Wildman–Crippen MR) is 91.8 cm³/mol. The Labute approximate surface area is 141 Å². The van der Waals surface area contributed by atoms with Crippen LogP contribution in [-0.2, 0) is 7.05 Å². The number of primary amides is 1. The molecule has 4 rings (SSSR count). The van der Waals surface area contributed by atoms with E-state index in [9.17, 15) is 4.79 Å². The van der Waals surface area contributed by atoms with Gasteiger partial charge in [0.1, 0.15) is 0 Å². The maximum atomic E-state index is 11.3. The normalized spacial score (nSPS) is 11.2. The van der Waals surface area contributed by atoms with Crippen LogP contribution in [0.4, 0.5) is 0 Å². The summed E-state index contributed by atoms with van der Waals surface area (Å²) in [5.41, 5.74) is 9.93.